The molecular weight excluding hydrogens is 330 g/mol. The lowest BCUT2D eigenvalue weighted by Gasteiger charge is -2.09. The molecule has 0 saturated heterocycles. The van der Waals surface area contributed by atoms with Crippen molar-refractivity contribution in [1.29, 1.82) is 0 Å². The quantitative estimate of drug-likeness (QED) is 0.920. The molecule has 0 fully saturated rings. The zero-order valence-corrected chi connectivity index (χ0v) is 12.8. The molecule has 1 aromatic carbocycles. The van der Waals surface area contributed by atoms with Gasteiger partial charge in [0.25, 0.3) is 5.91 Å². The number of carbonyl (C=O) groups is 1. The third kappa shape index (κ3) is 3.08. The highest BCUT2D eigenvalue weighted by atomic mass is 79.9. The van der Waals surface area contributed by atoms with Crippen LogP contribution in [0.15, 0.2) is 34.1 Å². The van der Waals surface area contributed by atoms with Crippen molar-refractivity contribution in [2.24, 2.45) is 0 Å². The molecule has 0 atom stereocenters. The second kappa shape index (κ2) is 6.08. The van der Waals surface area contributed by atoms with Gasteiger partial charge < -0.3 is 14.8 Å². The van der Waals surface area contributed by atoms with Crippen LogP contribution in [0.25, 0.3) is 0 Å². The molecule has 0 radical (unpaired) electrons. The van der Waals surface area contributed by atoms with E-state index >= 15 is 0 Å². The first-order chi connectivity index (χ1) is 9.15. The van der Waals surface area contributed by atoms with Gasteiger partial charge in [0.1, 0.15) is 16.4 Å². The smallest absolute Gasteiger partial charge is 0.269 e. The first kappa shape index (κ1) is 13.9. The molecule has 1 aromatic heterocycles. The highest BCUT2D eigenvalue weighted by molar-refractivity contribution is 9.10. The largest absolute Gasteiger partial charge is 0.497 e. The molecule has 4 nitrogen and oxygen atoms in total. The van der Waals surface area contributed by atoms with Crippen LogP contribution < -0.4 is 14.8 Å². The normalized spacial score (nSPS) is 10.1. The van der Waals surface area contributed by atoms with Gasteiger partial charge in [-0.1, -0.05) is 0 Å². The Morgan fingerprint density at radius 1 is 1.26 bits per heavy atom. The Morgan fingerprint density at radius 2 is 2.05 bits per heavy atom. The summed E-state index contributed by atoms with van der Waals surface area (Å²) < 4.78 is 11.1. The van der Waals surface area contributed by atoms with Gasteiger partial charge >= 0.3 is 0 Å². The van der Waals surface area contributed by atoms with Crippen LogP contribution >= 0.6 is 27.3 Å². The highest BCUT2D eigenvalue weighted by Crippen LogP contribution is 2.30. The Labute approximate surface area is 123 Å². The molecule has 1 amide bonds. The molecule has 0 aliphatic rings. The van der Waals surface area contributed by atoms with Gasteiger partial charge in [0.2, 0.25) is 0 Å². The third-order valence-corrected chi connectivity index (χ3v) is 4.06. The van der Waals surface area contributed by atoms with E-state index in [9.17, 15) is 4.79 Å². The number of nitrogens with one attached hydrogen (secondary N) is 1. The van der Waals surface area contributed by atoms with Crippen molar-refractivity contribution in [2.75, 3.05) is 19.5 Å². The second-order valence-electron chi connectivity index (χ2n) is 3.62. The Morgan fingerprint density at radius 3 is 2.74 bits per heavy atom. The summed E-state index contributed by atoms with van der Waals surface area (Å²) in [6.07, 6.45) is 0. The summed E-state index contributed by atoms with van der Waals surface area (Å²) >= 11 is 4.72. The van der Waals surface area contributed by atoms with E-state index in [1.165, 1.54) is 11.3 Å². The predicted octanol–water partition coefficient (Wildman–Crippen LogP) is 3.78. The molecule has 1 N–H and O–H groups in total. The van der Waals surface area contributed by atoms with Crippen LogP contribution in [0.1, 0.15) is 9.67 Å². The summed E-state index contributed by atoms with van der Waals surface area (Å²) in [5.41, 5.74) is 0.653. The molecule has 0 aliphatic heterocycles. The van der Waals surface area contributed by atoms with E-state index in [0.29, 0.717) is 22.1 Å². The Kier molecular flexibility index (Phi) is 4.44. The fourth-order valence-corrected chi connectivity index (χ4v) is 2.63. The second-order valence-corrected chi connectivity index (χ2v) is 5.39. The monoisotopic (exact) mass is 341 g/mol. The van der Waals surface area contributed by atoms with E-state index in [2.05, 4.69) is 21.2 Å². The van der Waals surface area contributed by atoms with Crippen molar-refractivity contribution in [3.05, 3.63) is 39.0 Å². The minimum atomic E-state index is -0.208. The van der Waals surface area contributed by atoms with Gasteiger partial charge in [-0.05, 0) is 39.5 Å². The minimum absolute atomic E-state index is 0.208. The molecule has 2 rings (SSSR count). The molecular formula is C13H12BrNO3S. The summed E-state index contributed by atoms with van der Waals surface area (Å²) in [4.78, 5) is 12.7. The maximum atomic E-state index is 12.2. The van der Waals surface area contributed by atoms with Gasteiger partial charge in [-0.15, -0.1) is 11.3 Å². The van der Waals surface area contributed by atoms with Gasteiger partial charge in [0.15, 0.2) is 0 Å². The number of rotatable bonds is 4. The maximum absolute atomic E-state index is 12.2. The minimum Gasteiger partial charge on any atom is -0.497 e. The summed E-state index contributed by atoms with van der Waals surface area (Å²) in [7, 11) is 3.12. The van der Waals surface area contributed by atoms with Crippen molar-refractivity contribution in [1.82, 2.24) is 0 Å². The summed E-state index contributed by atoms with van der Waals surface area (Å²) in [5.74, 6) is 1.04. The van der Waals surface area contributed by atoms with E-state index < -0.39 is 0 Å². The number of halogens is 1. The van der Waals surface area contributed by atoms with Gasteiger partial charge in [0.05, 0.1) is 19.9 Å². The lowest BCUT2D eigenvalue weighted by atomic mass is 10.3. The number of hydrogen-bond acceptors (Lipinski definition) is 4. The van der Waals surface area contributed by atoms with Crippen molar-refractivity contribution < 1.29 is 14.3 Å². The first-order valence-corrected chi connectivity index (χ1v) is 7.09. The van der Waals surface area contributed by atoms with E-state index in [4.69, 9.17) is 9.47 Å². The Bertz CT molecular complexity index is 597. The topological polar surface area (TPSA) is 47.6 Å². The summed E-state index contributed by atoms with van der Waals surface area (Å²) in [6, 6.07) is 7.15. The van der Waals surface area contributed by atoms with Gasteiger partial charge in [-0.25, -0.2) is 0 Å². The van der Waals surface area contributed by atoms with Gasteiger partial charge in [-0.3, -0.25) is 4.79 Å². The molecule has 2 aromatic rings. The van der Waals surface area contributed by atoms with E-state index in [1.54, 1.807) is 26.4 Å². The average Bonchev–Trinajstić information content (AvgIpc) is 2.89. The van der Waals surface area contributed by atoms with Crippen LogP contribution in [-0.4, -0.2) is 20.1 Å². The molecule has 1 heterocycles. The molecule has 0 spiro atoms. The first-order valence-electron chi connectivity index (χ1n) is 5.42. The van der Waals surface area contributed by atoms with Crippen LogP contribution in [0, 0.1) is 0 Å². The third-order valence-electron chi connectivity index (χ3n) is 2.48. The van der Waals surface area contributed by atoms with Crippen LogP contribution in [0.2, 0.25) is 0 Å². The maximum Gasteiger partial charge on any atom is 0.269 e. The highest BCUT2D eigenvalue weighted by Gasteiger charge is 2.15. The SMILES string of the molecule is COc1ccc(Br)c(NC(=O)c2sccc2OC)c1. The number of hydrogen-bond donors (Lipinski definition) is 1. The van der Waals surface area contributed by atoms with Gasteiger partial charge in [0, 0.05) is 10.5 Å². The van der Waals surface area contributed by atoms with Crippen molar-refractivity contribution in [2.45, 2.75) is 0 Å². The van der Waals surface area contributed by atoms with E-state index in [1.807, 2.05) is 17.5 Å². The summed E-state index contributed by atoms with van der Waals surface area (Å²) in [6.45, 7) is 0. The summed E-state index contributed by atoms with van der Waals surface area (Å²) in [5, 5.41) is 4.64. The zero-order valence-electron chi connectivity index (χ0n) is 10.4. The van der Waals surface area contributed by atoms with E-state index in [-0.39, 0.29) is 5.91 Å². The van der Waals surface area contributed by atoms with E-state index in [0.717, 1.165) is 4.47 Å². The number of methoxy groups -OCH3 is 2. The number of thiophene rings is 1. The van der Waals surface area contributed by atoms with Crippen LogP contribution in [0.5, 0.6) is 11.5 Å². The average molecular weight is 342 g/mol. The van der Waals surface area contributed by atoms with Gasteiger partial charge in [-0.2, -0.15) is 0 Å². The Hall–Kier alpha value is -1.53. The molecule has 0 bridgehead atoms. The number of anilines is 1. The fourth-order valence-electron chi connectivity index (χ4n) is 1.53. The molecule has 6 heteroatoms. The number of carbonyl (C=O) groups excluding carboxylic acids is 1. The van der Waals surface area contributed by atoms with Crippen LogP contribution in [0.3, 0.4) is 0 Å². The Balaban J connectivity index is 2.24. The number of ether oxygens (including phenoxy) is 2. The number of amides is 1. The fraction of sp³-hybridized carbons (Fsp3) is 0.154. The van der Waals surface area contributed by atoms with Crippen molar-refractivity contribution in [3.63, 3.8) is 0 Å². The molecule has 100 valence electrons. The zero-order chi connectivity index (χ0) is 13.8. The molecule has 19 heavy (non-hydrogen) atoms. The molecule has 0 unspecified atom stereocenters. The number of benzene rings is 1. The lowest BCUT2D eigenvalue weighted by molar-refractivity contribution is 0.102. The lowest BCUT2D eigenvalue weighted by Crippen LogP contribution is -2.11. The van der Waals surface area contributed by atoms with Crippen LogP contribution in [0.4, 0.5) is 5.69 Å². The molecule has 0 saturated carbocycles. The predicted molar refractivity (Wildman–Crippen MR) is 79.5 cm³/mol. The molecule has 0 aliphatic carbocycles. The van der Waals surface area contributed by atoms with Crippen LogP contribution in [-0.2, 0) is 0 Å². The van der Waals surface area contributed by atoms with Crippen molar-refractivity contribution >= 4 is 38.9 Å². The van der Waals surface area contributed by atoms with Crippen molar-refractivity contribution in [3.8, 4) is 11.5 Å². The standard InChI is InChI=1S/C13H12BrNO3S/c1-17-8-3-4-9(14)10(7-8)15-13(16)12-11(18-2)5-6-19-12/h3-7H,1-2H3,(H,15,16).